The first-order valence-corrected chi connectivity index (χ1v) is 8.06. The number of amides is 2. The molecular weight excluding hydrogens is 307 g/mol. The number of aliphatic hydroxyl groups is 1. The van der Waals surface area contributed by atoms with E-state index in [1.807, 2.05) is 0 Å². The van der Waals surface area contributed by atoms with Crippen LogP contribution in [0, 0.1) is 11.7 Å². The van der Waals surface area contributed by atoms with Crippen LogP contribution >= 0.6 is 11.6 Å². The highest BCUT2D eigenvalue weighted by Gasteiger charge is 2.20. The van der Waals surface area contributed by atoms with Crippen molar-refractivity contribution >= 4 is 17.6 Å². The van der Waals surface area contributed by atoms with E-state index in [9.17, 15) is 14.3 Å². The molecule has 0 spiro atoms. The summed E-state index contributed by atoms with van der Waals surface area (Å²) in [7, 11) is 0. The first kappa shape index (κ1) is 17.0. The van der Waals surface area contributed by atoms with Crippen LogP contribution in [-0.4, -0.2) is 30.3 Å². The summed E-state index contributed by atoms with van der Waals surface area (Å²) in [6.07, 6.45) is 3.73. The zero-order valence-corrected chi connectivity index (χ0v) is 13.2. The molecule has 1 aliphatic rings. The first-order chi connectivity index (χ1) is 10.6. The van der Waals surface area contributed by atoms with Gasteiger partial charge in [0.15, 0.2) is 0 Å². The minimum atomic E-state index is -0.356. The predicted octanol–water partition coefficient (Wildman–Crippen LogP) is 2.87. The van der Waals surface area contributed by atoms with Crippen molar-refractivity contribution in [1.82, 2.24) is 10.6 Å². The molecule has 0 bridgehead atoms. The van der Waals surface area contributed by atoms with E-state index in [1.165, 1.54) is 6.07 Å². The molecule has 2 amide bonds. The average Bonchev–Trinajstić information content (AvgIpc) is 2.48. The van der Waals surface area contributed by atoms with Gasteiger partial charge in [0.2, 0.25) is 0 Å². The van der Waals surface area contributed by atoms with Crippen LogP contribution in [0.25, 0.3) is 0 Å². The Morgan fingerprint density at radius 1 is 1.36 bits per heavy atom. The Labute approximate surface area is 135 Å². The lowest BCUT2D eigenvalue weighted by Crippen LogP contribution is -2.40. The van der Waals surface area contributed by atoms with Crippen LogP contribution in [-0.2, 0) is 6.42 Å². The molecule has 6 heteroatoms. The quantitative estimate of drug-likeness (QED) is 0.778. The monoisotopic (exact) mass is 328 g/mol. The van der Waals surface area contributed by atoms with Crippen LogP contribution in [0.15, 0.2) is 18.2 Å². The van der Waals surface area contributed by atoms with E-state index in [1.54, 1.807) is 12.1 Å². The van der Waals surface area contributed by atoms with Crippen molar-refractivity contribution in [2.45, 2.75) is 38.2 Å². The van der Waals surface area contributed by atoms with Crippen LogP contribution in [0.1, 0.15) is 31.2 Å². The van der Waals surface area contributed by atoms with Crippen molar-refractivity contribution in [1.29, 1.82) is 0 Å². The molecule has 0 heterocycles. The van der Waals surface area contributed by atoms with Gasteiger partial charge in [0, 0.05) is 23.7 Å². The number of benzene rings is 1. The van der Waals surface area contributed by atoms with E-state index in [0.29, 0.717) is 36.0 Å². The van der Waals surface area contributed by atoms with Gasteiger partial charge in [0.05, 0.1) is 6.10 Å². The highest BCUT2D eigenvalue weighted by Crippen LogP contribution is 2.23. The number of nitrogens with one attached hydrogen (secondary N) is 2. The normalized spacial score (nSPS) is 21.4. The van der Waals surface area contributed by atoms with Crippen molar-refractivity contribution < 1.29 is 14.3 Å². The van der Waals surface area contributed by atoms with Gasteiger partial charge in [-0.1, -0.05) is 24.1 Å². The fourth-order valence-electron chi connectivity index (χ4n) is 2.82. The Kier molecular flexibility index (Phi) is 6.46. The van der Waals surface area contributed by atoms with Crippen molar-refractivity contribution in [3.05, 3.63) is 34.6 Å². The molecule has 0 saturated heterocycles. The van der Waals surface area contributed by atoms with Crippen molar-refractivity contribution in [2.24, 2.45) is 5.92 Å². The third kappa shape index (κ3) is 5.14. The van der Waals surface area contributed by atoms with Crippen LogP contribution in [0.3, 0.4) is 0 Å². The Morgan fingerprint density at radius 3 is 2.91 bits per heavy atom. The van der Waals surface area contributed by atoms with Gasteiger partial charge in [0.1, 0.15) is 5.82 Å². The van der Waals surface area contributed by atoms with Gasteiger partial charge in [0.25, 0.3) is 0 Å². The van der Waals surface area contributed by atoms with E-state index in [4.69, 9.17) is 11.6 Å². The van der Waals surface area contributed by atoms with Gasteiger partial charge in [-0.3, -0.25) is 0 Å². The summed E-state index contributed by atoms with van der Waals surface area (Å²) in [5, 5.41) is 15.5. The average molecular weight is 329 g/mol. The standard InChI is InChI=1S/C16H22ClFN2O2/c17-14-5-2-6-15(18)13(14)7-8-19-16(22)20-10-11-3-1-4-12(21)9-11/h2,5-6,11-12,21H,1,3-4,7-10H2,(H2,19,20,22)/t11-,12+/m1/s1. The molecule has 1 fully saturated rings. The second kappa shape index (κ2) is 8.34. The molecule has 0 aromatic heterocycles. The maximum atomic E-state index is 13.6. The molecule has 0 unspecified atom stereocenters. The number of hydrogen-bond donors (Lipinski definition) is 3. The van der Waals surface area contributed by atoms with Gasteiger partial charge < -0.3 is 15.7 Å². The summed E-state index contributed by atoms with van der Waals surface area (Å²) in [5.74, 6) is -0.0265. The second-order valence-electron chi connectivity index (χ2n) is 5.77. The summed E-state index contributed by atoms with van der Waals surface area (Å²) >= 11 is 5.93. The number of carbonyl (C=O) groups is 1. The third-order valence-electron chi connectivity index (χ3n) is 4.03. The van der Waals surface area contributed by atoms with E-state index in [0.717, 1.165) is 25.7 Å². The largest absolute Gasteiger partial charge is 0.393 e. The molecule has 4 nitrogen and oxygen atoms in total. The summed E-state index contributed by atoms with van der Waals surface area (Å²) in [6.45, 7) is 0.878. The summed E-state index contributed by atoms with van der Waals surface area (Å²) in [4.78, 5) is 11.7. The van der Waals surface area contributed by atoms with E-state index < -0.39 is 0 Å². The lowest BCUT2D eigenvalue weighted by atomic mass is 9.87. The van der Waals surface area contributed by atoms with Gasteiger partial charge >= 0.3 is 6.03 Å². The number of rotatable bonds is 5. The zero-order valence-electron chi connectivity index (χ0n) is 12.4. The molecular formula is C16H22ClFN2O2. The molecule has 0 radical (unpaired) electrons. The number of aliphatic hydroxyl groups excluding tert-OH is 1. The molecule has 3 N–H and O–H groups in total. The zero-order chi connectivity index (χ0) is 15.9. The Balaban J connectivity index is 1.67. The van der Waals surface area contributed by atoms with Gasteiger partial charge in [-0.15, -0.1) is 0 Å². The molecule has 1 aromatic carbocycles. The van der Waals surface area contributed by atoms with Crippen molar-refractivity contribution in [2.75, 3.05) is 13.1 Å². The molecule has 1 saturated carbocycles. The van der Waals surface area contributed by atoms with E-state index >= 15 is 0 Å². The number of urea groups is 1. The Hall–Kier alpha value is -1.33. The number of hydrogen-bond acceptors (Lipinski definition) is 2. The molecule has 2 atom stereocenters. The fraction of sp³-hybridized carbons (Fsp3) is 0.562. The van der Waals surface area contributed by atoms with Crippen LogP contribution in [0.5, 0.6) is 0 Å². The number of carbonyl (C=O) groups excluding carboxylic acids is 1. The van der Waals surface area contributed by atoms with Gasteiger partial charge in [-0.25, -0.2) is 9.18 Å². The van der Waals surface area contributed by atoms with E-state index in [2.05, 4.69) is 10.6 Å². The summed E-state index contributed by atoms with van der Waals surface area (Å²) < 4.78 is 13.6. The molecule has 1 aliphatic carbocycles. The van der Waals surface area contributed by atoms with Crippen LogP contribution in [0.4, 0.5) is 9.18 Å². The lowest BCUT2D eigenvalue weighted by molar-refractivity contribution is 0.101. The molecule has 2 rings (SSSR count). The summed E-state index contributed by atoms with van der Waals surface area (Å²) in [6, 6.07) is 4.27. The summed E-state index contributed by atoms with van der Waals surface area (Å²) in [5.41, 5.74) is 0.417. The van der Waals surface area contributed by atoms with Gasteiger partial charge in [-0.2, -0.15) is 0 Å². The topological polar surface area (TPSA) is 61.4 Å². The van der Waals surface area contributed by atoms with Crippen molar-refractivity contribution in [3.8, 4) is 0 Å². The number of halogens is 2. The van der Waals surface area contributed by atoms with Crippen LogP contribution in [0.2, 0.25) is 5.02 Å². The minimum absolute atomic E-state index is 0.244. The highest BCUT2D eigenvalue weighted by atomic mass is 35.5. The molecule has 0 aliphatic heterocycles. The van der Waals surface area contributed by atoms with Crippen molar-refractivity contribution in [3.63, 3.8) is 0 Å². The molecule has 1 aromatic rings. The lowest BCUT2D eigenvalue weighted by Gasteiger charge is -2.25. The smallest absolute Gasteiger partial charge is 0.314 e. The predicted molar refractivity (Wildman–Crippen MR) is 84.5 cm³/mol. The first-order valence-electron chi connectivity index (χ1n) is 7.69. The third-order valence-corrected chi connectivity index (χ3v) is 4.38. The SMILES string of the molecule is O=C(NCCc1c(F)cccc1Cl)NC[C@@H]1CCC[C@H](O)C1. The van der Waals surface area contributed by atoms with Gasteiger partial charge in [-0.05, 0) is 43.7 Å². The maximum Gasteiger partial charge on any atom is 0.314 e. The highest BCUT2D eigenvalue weighted by molar-refractivity contribution is 6.31. The van der Waals surface area contributed by atoms with Crippen LogP contribution < -0.4 is 10.6 Å². The van der Waals surface area contributed by atoms with E-state index in [-0.39, 0.29) is 18.0 Å². The molecule has 22 heavy (non-hydrogen) atoms. The Morgan fingerprint density at radius 2 is 2.18 bits per heavy atom. The fourth-order valence-corrected chi connectivity index (χ4v) is 3.08. The second-order valence-corrected chi connectivity index (χ2v) is 6.18. The minimum Gasteiger partial charge on any atom is -0.393 e. The molecule has 122 valence electrons. The maximum absolute atomic E-state index is 13.6. The Bertz CT molecular complexity index is 493.